The molecule has 0 unspecified atom stereocenters. The molecule has 3 aliphatic heterocycles. The van der Waals surface area contributed by atoms with E-state index in [0.717, 1.165) is 48.0 Å². The van der Waals surface area contributed by atoms with Crippen molar-refractivity contribution in [1.29, 1.82) is 5.26 Å². The highest BCUT2D eigenvalue weighted by Gasteiger charge is 2.49. The van der Waals surface area contributed by atoms with Crippen LogP contribution in [0.2, 0.25) is 5.02 Å². The topological polar surface area (TPSA) is 110 Å². The fraction of sp³-hybridized carbons (Fsp3) is 0.385. The zero-order valence-corrected chi connectivity index (χ0v) is 21.6. The molecule has 12 heteroatoms. The first-order chi connectivity index (χ1) is 18.4. The summed E-state index contributed by atoms with van der Waals surface area (Å²) in [5.74, 6) is -0.562. The molecule has 3 aromatic heterocycles. The summed E-state index contributed by atoms with van der Waals surface area (Å²) >= 11 is 8.00. The van der Waals surface area contributed by atoms with Crippen molar-refractivity contribution in [3.05, 3.63) is 39.9 Å². The quantitative estimate of drug-likeness (QED) is 0.369. The van der Waals surface area contributed by atoms with Gasteiger partial charge in [-0.3, -0.25) is 9.88 Å². The second-order valence-corrected chi connectivity index (χ2v) is 11.5. The minimum absolute atomic E-state index is 0.141. The van der Waals surface area contributed by atoms with Crippen LogP contribution >= 0.6 is 22.9 Å². The van der Waals surface area contributed by atoms with E-state index in [4.69, 9.17) is 26.8 Å². The number of nitrogens with two attached hydrogens (primary N) is 1. The Balaban J connectivity index is 1.37. The van der Waals surface area contributed by atoms with Crippen molar-refractivity contribution >= 4 is 48.9 Å². The molecule has 2 N–H and O–H groups in total. The lowest BCUT2D eigenvalue weighted by atomic mass is 9.94. The smallest absolute Gasteiger partial charge is 0.317 e. The lowest BCUT2D eigenvalue weighted by molar-refractivity contribution is 0.107. The first-order valence-electron chi connectivity index (χ1n) is 12.3. The fourth-order valence-corrected chi connectivity index (χ4v) is 7.52. The summed E-state index contributed by atoms with van der Waals surface area (Å²) in [6, 6.07) is 2.22. The molecular formula is C26H21ClF2N6O2S. The van der Waals surface area contributed by atoms with Crippen molar-refractivity contribution in [1.82, 2.24) is 19.9 Å². The van der Waals surface area contributed by atoms with E-state index in [9.17, 15) is 14.0 Å². The van der Waals surface area contributed by atoms with E-state index in [-0.39, 0.29) is 45.1 Å². The summed E-state index contributed by atoms with van der Waals surface area (Å²) in [7, 11) is 0. The zero-order valence-electron chi connectivity index (χ0n) is 20.1. The average molecular weight is 555 g/mol. The number of thiophene rings is 1. The summed E-state index contributed by atoms with van der Waals surface area (Å²) in [6.07, 6.45) is 4.22. The highest BCUT2D eigenvalue weighted by atomic mass is 35.5. The summed E-state index contributed by atoms with van der Waals surface area (Å²) < 4.78 is 40.9. The Morgan fingerprint density at radius 1 is 1.32 bits per heavy atom. The predicted octanol–water partition coefficient (Wildman–Crippen LogP) is 5.14. The van der Waals surface area contributed by atoms with Crippen molar-refractivity contribution in [2.45, 2.75) is 44.2 Å². The molecule has 2 atom stereocenters. The summed E-state index contributed by atoms with van der Waals surface area (Å²) in [5, 5.41) is 11.3. The molecule has 0 saturated carbocycles. The van der Waals surface area contributed by atoms with E-state index in [1.165, 1.54) is 0 Å². The normalized spacial score (nSPS) is 22.7. The predicted molar refractivity (Wildman–Crippen MR) is 139 cm³/mol. The second-order valence-electron chi connectivity index (χ2n) is 10.0. The van der Waals surface area contributed by atoms with Crippen LogP contribution in [0, 0.1) is 17.1 Å². The zero-order chi connectivity index (χ0) is 26.2. The molecule has 194 valence electrons. The molecule has 2 fully saturated rings. The third kappa shape index (κ3) is 3.41. The van der Waals surface area contributed by atoms with Crippen molar-refractivity contribution in [3.8, 4) is 23.3 Å². The van der Waals surface area contributed by atoms with Gasteiger partial charge in [-0.1, -0.05) is 11.6 Å². The van der Waals surface area contributed by atoms with Crippen molar-refractivity contribution in [2.24, 2.45) is 0 Å². The Morgan fingerprint density at radius 2 is 2.16 bits per heavy atom. The number of fused-ring (bicyclic) bond motifs is 5. The minimum atomic E-state index is -0.861. The molecular weight excluding hydrogens is 534 g/mol. The van der Waals surface area contributed by atoms with E-state index in [2.05, 4.69) is 25.9 Å². The van der Waals surface area contributed by atoms with Gasteiger partial charge in [0.05, 0.1) is 51.4 Å². The van der Waals surface area contributed by atoms with Gasteiger partial charge in [0.25, 0.3) is 0 Å². The number of benzene rings is 1. The van der Waals surface area contributed by atoms with Gasteiger partial charge in [0.2, 0.25) is 0 Å². The van der Waals surface area contributed by atoms with E-state index in [1.807, 2.05) is 0 Å². The van der Waals surface area contributed by atoms with Crippen LogP contribution in [0.25, 0.3) is 32.2 Å². The van der Waals surface area contributed by atoms with E-state index >= 15 is 0 Å². The van der Waals surface area contributed by atoms with Gasteiger partial charge >= 0.3 is 6.01 Å². The van der Waals surface area contributed by atoms with E-state index in [1.54, 1.807) is 6.20 Å². The molecule has 3 aliphatic rings. The first kappa shape index (κ1) is 23.9. The van der Waals surface area contributed by atoms with Gasteiger partial charge in [-0.05, 0) is 30.5 Å². The lowest BCUT2D eigenvalue weighted by Gasteiger charge is -2.30. The highest BCUT2D eigenvalue weighted by molar-refractivity contribution is 7.23. The van der Waals surface area contributed by atoms with Gasteiger partial charge < -0.3 is 15.2 Å². The number of nitrogen functional groups attached to an aromatic ring is 1. The number of pyridine rings is 1. The van der Waals surface area contributed by atoms with Gasteiger partial charge in [-0.2, -0.15) is 10.2 Å². The Labute approximate surface area is 225 Å². The number of ether oxygens (including phenoxy) is 2. The first-order valence-corrected chi connectivity index (χ1v) is 13.5. The maximum atomic E-state index is 14.7. The molecule has 0 aliphatic carbocycles. The molecule has 0 spiro atoms. The Bertz CT molecular complexity index is 1690. The van der Waals surface area contributed by atoms with Crippen LogP contribution in [0.5, 0.6) is 6.01 Å². The molecule has 4 aromatic rings. The number of hydrogen-bond acceptors (Lipinski definition) is 9. The van der Waals surface area contributed by atoms with Crippen molar-refractivity contribution in [2.75, 3.05) is 25.4 Å². The van der Waals surface area contributed by atoms with Gasteiger partial charge in [-0.25, -0.2) is 13.8 Å². The Hall–Kier alpha value is -3.17. The number of nitrogens with zero attached hydrogens (tertiary/aromatic N) is 5. The van der Waals surface area contributed by atoms with Crippen LogP contribution in [0.15, 0.2) is 12.4 Å². The number of alkyl halides is 1. The molecule has 8 nitrogen and oxygen atoms in total. The van der Waals surface area contributed by atoms with Crippen molar-refractivity contribution in [3.63, 3.8) is 0 Å². The lowest BCUT2D eigenvalue weighted by Crippen LogP contribution is -2.43. The molecule has 0 amide bonds. The van der Waals surface area contributed by atoms with Gasteiger partial charge in [0.15, 0.2) is 5.82 Å². The summed E-state index contributed by atoms with van der Waals surface area (Å²) in [6.45, 7) is 2.16. The number of hydrogen-bond donors (Lipinski definition) is 1. The second kappa shape index (κ2) is 8.68. The van der Waals surface area contributed by atoms with Crippen LogP contribution in [-0.4, -0.2) is 51.3 Å². The van der Waals surface area contributed by atoms with E-state index < -0.39 is 12.0 Å². The molecule has 6 heterocycles. The van der Waals surface area contributed by atoms with Crippen LogP contribution in [0.1, 0.15) is 36.0 Å². The third-order valence-electron chi connectivity index (χ3n) is 7.95. The third-order valence-corrected chi connectivity index (χ3v) is 9.35. The Kier molecular flexibility index (Phi) is 5.46. The summed E-state index contributed by atoms with van der Waals surface area (Å²) in [5.41, 5.74) is 8.81. The number of anilines is 1. The molecule has 2 saturated heterocycles. The minimum Gasteiger partial charge on any atom is -0.461 e. The van der Waals surface area contributed by atoms with Gasteiger partial charge in [-0.15, -0.1) is 11.3 Å². The fourth-order valence-electron chi connectivity index (χ4n) is 6.25. The maximum absolute atomic E-state index is 14.7. The highest BCUT2D eigenvalue weighted by Crippen LogP contribution is 2.47. The monoisotopic (exact) mass is 554 g/mol. The molecule has 0 radical (unpaired) electrons. The number of aromatic nitrogens is 3. The van der Waals surface area contributed by atoms with Gasteiger partial charge in [0.1, 0.15) is 23.8 Å². The van der Waals surface area contributed by atoms with Crippen LogP contribution in [-0.2, 0) is 18.0 Å². The van der Waals surface area contributed by atoms with Crippen LogP contribution in [0.3, 0.4) is 0 Å². The average Bonchev–Trinajstić information content (AvgIpc) is 3.66. The standard InChI is InChI=1S/C26H21ClF2N6O2S/c27-20-18(22-19-13(5-30)24(31)38-23(19)17(29)7-32-22)16-10-36-9-15(16)14-6-33-25(34-21(14)20)37-11-26-2-1-3-35(26)8-12(28)4-26/h6-7,12H,1-4,8-11,31H2/t12-,26+/m1/s1. The molecule has 7 rings (SSSR count). The summed E-state index contributed by atoms with van der Waals surface area (Å²) in [4.78, 5) is 15.6. The number of rotatable bonds is 4. The van der Waals surface area contributed by atoms with Crippen LogP contribution in [0.4, 0.5) is 13.8 Å². The van der Waals surface area contributed by atoms with Crippen LogP contribution < -0.4 is 10.5 Å². The molecule has 38 heavy (non-hydrogen) atoms. The number of halogens is 3. The van der Waals surface area contributed by atoms with Crippen molar-refractivity contribution < 1.29 is 18.3 Å². The van der Waals surface area contributed by atoms with E-state index in [0.29, 0.717) is 47.1 Å². The number of nitriles is 1. The molecule has 1 aromatic carbocycles. The largest absolute Gasteiger partial charge is 0.461 e. The maximum Gasteiger partial charge on any atom is 0.317 e. The SMILES string of the molecule is N#Cc1c(N)sc2c(F)cnc(-c3c4c(c5cnc(OC[C@@]67CCCN6C[C@H](F)C7)nc5c3Cl)COC4)c12. The van der Waals surface area contributed by atoms with Gasteiger partial charge in [0, 0.05) is 35.5 Å². The Morgan fingerprint density at radius 3 is 3.00 bits per heavy atom. The molecule has 0 bridgehead atoms.